The summed E-state index contributed by atoms with van der Waals surface area (Å²) in [6, 6.07) is 7.82. The SMILES string of the molecule is COC(=O)C=Cc1ccc(C(Br)Br)cc1. The Morgan fingerprint density at radius 2 is 1.93 bits per heavy atom. The predicted octanol–water partition coefficient (Wildman–Crippen LogP) is 3.66. The van der Waals surface area contributed by atoms with Crippen LogP contribution in [0.3, 0.4) is 0 Å². The zero-order valence-corrected chi connectivity index (χ0v) is 11.3. The van der Waals surface area contributed by atoms with Crippen molar-refractivity contribution in [3.8, 4) is 0 Å². The molecule has 0 aromatic heterocycles. The minimum absolute atomic E-state index is 0.156. The largest absolute Gasteiger partial charge is 0.466 e. The molecule has 0 unspecified atom stereocenters. The molecule has 1 aromatic carbocycles. The van der Waals surface area contributed by atoms with E-state index in [-0.39, 0.29) is 9.71 Å². The minimum Gasteiger partial charge on any atom is -0.466 e. The van der Waals surface area contributed by atoms with Crippen molar-refractivity contribution in [2.75, 3.05) is 7.11 Å². The highest BCUT2D eigenvalue weighted by atomic mass is 79.9. The predicted molar refractivity (Wildman–Crippen MR) is 68.1 cm³/mol. The lowest BCUT2D eigenvalue weighted by atomic mass is 10.1. The molecule has 0 aliphatic rings. The van der Waals surface area contributed by atoms with E-state index in [9.17, 15) is 4.79 Å². The van der Waals surface area contributed by atoms with Crippen LogP contribution in [0.2, 0.25) is 0 Å². The molecule has 0 saturated carbocycles. The van der Waals surface area contributed by atoms with Crippen LogP contribution in [-0.4, -0.2) is 13.1 Å². The molecule has 15 heavy (non-hydrogen) atoms. The number of hydrogen-bond donors (Lipinski definition) is 0. The molecule has 0 aliphatic heterocycles. The van der Waals surface area contributed by atoms with Gasteiger partial charge in [-0.3, -0.25) is 0 Å². The van der Waals surface area contributed by atoms with Crippen LogP contribution in [0.4, 0.5) is 0 Å². The summed E-state index contributed by atoms with van der Waals surface area (Å²) < 4.78 is 4.65. The average Bonchev–Trinajstić information content (AvgIpc) is 2.26. The summed E-state index contributed by atoms with van der Waals surface area (Å²) in [5.41, 5.74) is 2.09. The first-order valence-electron chi connectivity index (χ1n) is 4.27. The van der Waals surface area contributed by atoms with E-state index in [0.29, 0.717) is 0 Å². The van der Waals surface area contributed by atoms with Gasteiger partial charge in [-0.15, -0.1) is 0 Å². The molecule has 0 saturated heterocycles. The Balaban J connectivity index is 2.72. The maximum absolute atomic E-state index is 10.8. The number of carbonyl (C=O) groups is 1. The highest BCUT2D eigenvalue weighted by molar-refractivity contribution is 9.24. The summed E-state index contributed by atoms with van der Waals surface area (Å²) in [6.07, 6.45) is 3.11. The van der Waals surface area contributed by atoms with Crippen molar-refractivity contribution in [3.05, 3.63) is 41.5 Å². The first-order valence-corrected chi connectivity index (χ1v) is 6.11. The third kappa shape index (κ3) is 4.18. The van der Waals surface area contributed by atoms with Crippen LogP contribution in [0.25, 0.3) is 6.08 Å². The van der Waals surface area contributed by atoms with Gasteiger partial charge in [0.1, 0.15) is 0 Å². The van der Waals surface area contributed by atoms with Crippen LogP contribution in [0, 0.1) is 0 Å². The van der Waals surface area contributed by atoms with Crippen LogP contribution in [0.15, 0.2) is 30.3 Å². The minimum atomic E-state index is -0.349. The van der Waals surface area contributed by atoms with Gasteiger partial charge in [0.25, 0.3) is 0 Å². The quantitative estimate of drug-likeness (QED) is 0.479. The standard InChI is InChI=1S/C11H10Br2O2/c1-15-10(14)7-4-8-2-5-9(6-3-8)11(12)13/h2-7,11H,1H3. The summed E-state index contributed by atoms with van der Waals surface area (Å²) in [5.74, 6) is -0.349. The molecule has 0 radical (unpaired) electrons. The number of carbonyl (C=O) groups excluding carboxylic acids is 1. The van der Waals surface area contributed by atoms with Crippen molar-refractivity contribution < 1.29 is 9.53 Å². The molecule has 0 bridgehead atoms. The van der Waals surface area contributed by atoms with Crippen LogP contribution in [-0.2, 0) is 9.53 Å². The zero-order valence-electron chi connectivity index (χ0n) is 8.11. The molecular weight excluding hydrogens is 324 g/mol. The molecule has 0 fully saturated rings. The molecule has 1 aromatic rings. The second kappa shape index (κ2) is 6.08. The summed E-state index contributed by atoms with van der Waals surface area (Å²) in [4.78, 5) is 10.8. The van der Waals surface area contributed by atoms with E-state index in [1.165, 1.54) is 13.2 Å². The monoisotopic (exact) mass is 332 g/mol. The van der Waals surface area contributed by atoms with Crippen LogP contribution in [0.1, 0.15) is 14.9 Å². The number of alkyl halides is 2. The van der Waals surface area contributed by atoms with Crippen molar-refractivity contribution in [3.63, 3.8) is 0 Å². The molecule has 2 nitrogen and oxygen atoms in total. The Hall–Kier alpha value is -0.610. The van der Waals surface area contributed by atoms with Gasteiger partial charge in [-0.05, 0) is 17.2 Å². The van der Waals surface area contributed by atoms with Crippen molar-refractivity contribution in [1.29, 1.82) is 0 Å². The lowest BCUT2D eigenvalue weighted by molar-refractivity contribution is -0.134. The van der Waals surface area contributed by atoms with Gasteiger partial charge in [0.05, 0.1) is 10.8 Å². The fourth-order valence-corrected chi connectivity index (χ4v) is 1.60. The van der Waals surface area contributed by atoms with Crippen molar-refractivity contribution in [1.82, 2.24) is 0 Å². The van der Waals surface area contributed by atoms with Gasteiger partial charge in [0.15, 0.2) is 0 Å². The highest BCUT2D eigenvalue weighted by Gasteiger charge is 2.00. The van der Waals surface area contributed by atoms with Crippen molar-refractivity contribution in [2.45, 2.75) is 3.74 Å². The number of benzene rings is 1. The van der Waals surface area contributed by atoms with E-state index >= 15 is 0 Å². The Labute approximate surface area is 106 Å². The molecule has 1 rings (SSSR count). The number of hydrogen-bond acceptors (Lipinski definition) is 2. The molecule has 0 heterocycles. The summed E-state index contributed by atoms with van der Waals surface area (Å²) >= 11 is 6.81. The van der Waals surface area contributed by atoms with Gasteiger partial charge in [0.2, 0.25) is 0 Å². The van der Waals surface area contributed by atoms with E-state index in [2.05, 4.69) is 36.6 Å². The summed E-state index contributed by atoms with van der Waals surface area (Å²) in [5, 5.41) is 0. The number of methoxy groups -OCH3 is 1. The normalized spacial score (nSPS) is 10.9. The second-order valence-electron chi connectivity index (χ2n) is 2.82. The molecule has 0 amide bonds. The average molecular weight is 334 g/mol. The van der Waals surface area contributed by atoms with Gasteiger partial charge in [0, 0.05) is 6.08 Å². The molecule has 4 heteroatoms. The second-order valence-corrected chi connectivity index (χ2v) is 5.88. The summed E-state index contributed by atoms with van der Waals surface area (Å²) in [6.45, 7) is 0. The first-order chi connectivity index (χ1) is 7.13. The number of esters is 1. The van der Waals surface area contributed by atoms with E-state index in [0.717, 1.165) is 11.1 Å². The van der Waals surface area contributed by atoms with E-state index < -0.39 is 0 Å². The number of rotatable bonds is 3. The zero-order chi connectivity index (χ0) is 11.3. The van der Waals surface area contributed by atoms with Gasteiger partial charge < -0.3 is 4.74 Å². The fraction of sp³-hybridized carbons (Fsp3) is 0.182. The molecule has 0 spiro atoms. The smallest absolute Gasteiger partial charge is 0.330 e. The van der Waals surface area contributed by atoms with Crippen molar-refractivity contribution >= 4 is 43.9 Å². The van der Waals surface area contributed by atoms with Gasteiger partial charge in [-0.25, -0.2) is 4.79 Å². The van der Waals surface area contributed by atoms with Crippen LogP contribution >= 0.6 is 31.9 Å². The van der Waals surface area contributed by atoms with Gasteiger partial charge in [-0.1, -0.05) is 56.1 Å². The third-order valence-electron chi connectivity index (χ3n) is 1.80. The fourth-order valence-electron chi connectivity index (χ4n) is 0.985. The number of halogens is 2. The maximum atomic E-state index is 10.8. The molecule has 80 valence electrons. The molecule has 0 N–H and O–H groups in total. The Morgan fingerprint density at radius 1 is 1.33 bits per heavy atom. The lowest BCUT2D eigenvalue weighted by Crippen LogP contribution is -1.93. The number of ether oxygens (including phenoxy) is 1. The van der Waals surface area contributed by atoms with E-state index in [1.54, 1.807) is 6.08 Å². The lowest BCUT2D eigenvalue weighted by Gasteiger charge is -2.01. The molecular formula is C11H10Br2O2. The topological polar surface area (TPSA) is 26.3 Å². The highest BCUT2D eigenvalue weighted by Crippen LogP contribution is 2.28. The van der Waals surface area contributed by atoms with Crippen LogP contribution in [0.5, 0.6) is 0 Å². The third-order valence-corrected chi connectivity index (χ3v) is 2.86. The molecule has 0 atom stereocenters. The Morgan fingerprint density at radius 3 is 2.40 bits per heavy atom. The first kappa shape index (κ1) is 12.5. The van der Waals surface area contributed by atoms with Gasteiger partial charge >= 0.3 is 5.97 Å². The summed E-state index contributed by atoms with van der Waals surface area (Å²) in [7, 11) is 1.36. The Kier molecular flexibility index (Phi) is 5.05. The van der Waals surface area contributed by atoms with Crippen LogP contribution < -0.4 is 0 Å². The van der Waals surface area contributed by atoms with E-state index in [1.807, 2.05) is 24.3 Å². The van der Waals surface area contributed by atoms with Gasteiger partial charge in [-0.2, -0.15) is 0 Å². The Bertz CT molecular complexity index is 355. The van der Waals surface area contributed by atoms with E-state index in [4.69, 9.17) is 0 Å². The maximum Gasteiger partial charge on any atom is 0.330 e. The van der Waals surface area contributed by atoms with Crippen molar-refractivity contribution in [2.24, 2.45) is 0 Å². The molecule has 0 aliphatic carbocycles.